The van der Waals surface area contributed by atoms with Crippen molar-refractivity contribution in [3.63, 3.8) is 0 Å². The highest BCUT2D eigenvalue weighted by Crippen LogP contribution is 2.45. The van der Waals surface area contributed by atoms with E-state index in [0.29, 0.717) is 25.5 Å². The molecule has 1 N–H and O–H groups in total. The first-order valence-corrected chi connectivity index (χ1v) is 12.4. The summed E-state index contributed by atoms with van der Waals surface area (Å²) in [7, 11) is 0. The third-order valence-corrected chi connectivity index (χ3v) is 7.52. The van der Waals surface area contributed by atoms with E-state index in [2.05, 4.69) is 29.2 Å². The van der Waals surface area contributed by atoms with Gasteiger partial charge in [-0.25, -0.2) is 9.78 Å². The molecule has 1 unspecified atom stereocenters. The maximum Gasteiger partial charge on any atom is 0.407 e. The largest absolute Gasteiger partial charge is 0.494 e. The first kappa shape index (κ1) is 21.8. The van der Waals surface area contributed by atoms with Crippen molar-refractivity contribution in [1.29, 1.82) is 0 Å². The van der Waals surface area contributed by atoms with E-state index in [1.165, 1.54) is 0 Å². The molecule has 4 atom stereocenters. The van der Waals surface area contributed by atoms with Gasteiger partial charge >= 0.3 is 6.09 Å². The second-order valence-electron chi connectivity index (χ2n) is 8.73. The highest BCUT2D eigenvalue weighted by Gasteiger charge is 2.51. The summed E-state index contributed by atoms with van der Waals surface area (Å²) in [6, 6.07) is 16.2. The van der Waals surface area contributed by atoms with E-state index >= 15 is 0 Å². The maximum atomic E-state index is 12.0. The van der Waals surface area contributed by atoms with E-state index in [-0.39, 0.29) is 18.1 Å². The monoisotopic (exact) mass is 464 g/mol. The number of carboxylic acid groups (broad SMARTS) is 1. The standard InChI is InChI=1S/C26H28N2O4S/c1-2-31-20-8-6-17(7-9-20)18-4-3-5-21(12-18)32-25-11-10-22-23(25)14-28(26(29)30)24(22)13-19-15-33-16-27-19/h3-9,12,15-16,22-25H,2,10-11,13-14H2,1H3,(H,29,30)/t22-,23-,24?,25+/m0/s1. The van der Waals surface area contributed by atoms with Crippen LogP contribution in [0.1, 0.15) is 25.5 Å². The van der Waals surface area contributed by atoms with Crippen LogP contribution in [0, 0.1) is 11.8 Å². The van der Waals surface area contributed by atoms with Gasteiger partial charge in [0.25, 0.3) is 0 Å². The Bertz CT molecular complexity index is 1090. The van der Waals surface area contributed by atoms with Gasteiger partial charge in [0.2, 0.25) is 0 Å². The van der Waals surface area contributed by atoms with Crippen LogP contribution in [0.5, 0.6) is 11.5 Å². The molecule has 2 aromatic carbocycles. The smallest absolute Gasteiger partial charge is 0.407 e. The molecule has 2 aliphatic rings. The molecule has 1 aliphatic carbocycles. The minimum Gasteiger partial charge on any atom is -0.494 e. The summed E-state index contributed by atoms with van der Waals surface area (Å²) in [6.07, 6.45) is 1.78. The zero-order valence-electron chi connectivity index (χ0n) is 18.6. The quantitative estimate of drug-likeness (QED) is 0.494. The molecule has 7 heteroatoms. The number of aromatic nitrogens is 1. The molecule has 0 radical (unpaired) electrons. The van der Waals surface area contributed by atoms with E-state index in [0.717, 1.165) is 41.2 Å². The van der Waals surface area contributed by atoms with Crippen LogP contribution in [0.25, 0.3) is 11.1 Å². The van der Waals surface area contributed by atoms with Gasteiger partial charge in [-0.3, -0.25) is 0 Å². The van der Waals surface area contributed by atoms with E-state index in [4.69, 9.17) is 9.47 Å². The van der Waals surface area contributed by atoms with E-state index in [1.807, 2.05) is 42.1 Å². The molecule has 2 heterocycles. The van der Waals surface area contributed by atoms with Crippen molar-refractivity contribution >= 4 is 17.4 Å². The Balaban J connectivity index is 1.30. The van der Waals surface area contributed by atoms with Crippen molar-refractivity contribution in [1.82, 2.24) is 9.88 Å². The summed E-state index contributed by atoms with van der Waals surface area (Å²) < 4.78 is 12.0. The third kappa shape index (κ3) is 4.55. The van der Waals surface area contributed by atoms with Gasteiger partial charge in [-0.05, 0) is 61.1 Å². The zero-order chi connectivity index (χ0) is 22.8. The SMILES string of the molecule is CCOc1ccc(-c2cccc(O[C@@H]3CC[C@@H]4C(Cc5cscn5)N(C(=O)O)C[C@@H]43)c2)cc1. The van der Waals surface area contributed by atoms with Gasteiger partial charge < -0.3 is 19.5 Å². The van der Waals surface area contributed by atoms with Crippen LogP contribution >= 0.6 is 11.3 Å². The summed E-state index contributed by atoms with van der Waals surface area (Å²) in [5, 5.41) is 11.8. The van der Waals surface area contributed by atoms with Crippen LogP contribution in [0.3, 0.4) is 0 Å². The second kappa shape index (κ2) is 9.43. The van der Waals surface area contributed by atoms with Crippen LogP contribution < -0.4 is 9.47 Å². The first-order chi connectivity index (χ1) is 16.1. The number of amides is 1. The molecular weight excluding hydrogens is 436 g/mol. The Kier molecular flexibility index (Phi) is 6.22. The number of benzene rings is 2. The predicted octanol–water partition coefficient (Wildman–Crippen LogP) is 5.59. The zero-order valence-corrected chi connectivity index (χ0v) is 19.4. The van der Waals surface area contributed by atoms with Gasteiger partial charge in [-0.2, -0.15) is 0 Å². The van der Waals surface area contributed by atoms with Crippen molar-refractivity contribution in [2.24, 2.45) is 11.8 Å². The molecule has 0 bridgehead atoms. The first-order valence-electron chi connectivity index (χ1n) is 11.5. The molecule has 1 aromatic heterocycles. The molecular formula is C26H28N2O4S. The van der Waals surface area contributed by atoms with Crippen LogP contribution in [0.2, 0.25) is 0 Å². The molecule has 33 heavy (non-hydrogen) atoms. The molecule has 172 valence electrons. The van der Waals surface area contributed by atoms with Crippen molar-refractivity contribution in [2.45, 2.75) is 38.3 Å². The molecule has 1 saturated carbocycles. The minimum absolute atomic E-state index is 0.0212. The van der Waals surface area contributed by atoms with Crippen LogP contribution in [-0.2, 0) is 6.42 Å². The Hall–Kier alpha value is -3.06. The fourth-order valence-corrected chi connectivity index (χ4v) is 5.97. The lowest BCUT2D eigenvalue weighted by Gasteiger charge is -2.24. The number of thiazole rings is 1. The van der Waals surface area contributed by atoms with E-state index in [1.54, 1.807) is 16.2 Å². The molecule has 6 nitrogen and oxygen atoms in total. The number of fused-ring (bicyclic) bond motifs is 1. The summed E-state index contributed by atoms with van der Waals surface area (Å²) in [4.78, 5) is 18.0. The van der Waals surface area contributed by atoms with Gasteiger partial charge in [-0.1, -0.05) is 24.3 Å². The van der Waals surface area contributed by atoms with Crippen LogP contribution in [0.15, 0.2) is 59.4 Å². The Labute approximate surface area is 197 Å². The number of hydrogen-bond donors (Lipinski definition) is 1. The number of ether oxygens (including phenoxy) is 2. The summed E-state index contributed by atoms with van der Waals surface area (Å²) in [6.45, 7) is 3.15. The topological polar surface area (TPSA) is 71.9 Å². The van der Waals surface area contributed by atoms with Crippen molar-refractivity contribution in [3.05, 3.63) is 65.1 Å². The molecule has 1 aliphatic heterocycles. The normalized spacial score (nSPS) is 24.0. The van der Waals surface area contributed by atoms with Gasteiger partial charge in [-0.15, -0.1) is 11.3 Å². The van der Waals surface area contributed by atoms with E-state index in [9.17, 15) is 9.90 Å². The Morgan fingerprint density at radius 1 is 1.12 bits per heavy atom. The van der Waals surface area contributed by atoms with E-state index < -0.39 is 6.09 Å². The predicted molar refractivity (Wildman–Crippen MR) is 128 cm³/mol. The van der Waals surface area contributed by atoms with Crippen molar-refractivity contribution in [2.75, 3.05) is 13.2 Å². The summed E-state index contributed by atoms with van der Waals surface area (Å²) >= 11 is 1.55. The number of nitrogens with zero attached hydrogens (tertiary/aromatic N) is 2. The lowest BCUT2D eigenvalue weighted by atomic mass is 9.91. The second-order valence-corrected chi connectivity index (χ2v) is 9.45. The molecule has 0 spiro atoms. The molecule has 1 amide bonds. The van der Waals surface area contributed by atoms with Crippen LogP contribution in [-0.4, -0.2) is 46.4 Å². The molecule has 2 fully saturated rings. The average molecular weight is 465 g/mol. The Morgan fingerprint density at radius 2 is 1.97 bits per heavy atom. The minimum atomic E-state index is -0.846. The number of rotatable bonds is 7. The molecule has 1 saturated heterocycles. The maximum absolute atomic E-state index is 12.0. The highest BCUT2D eigenvalue weighted by molar-refractivity contribution is 7.07. The number of hydrogen-bond acceptors (Lipinski definition) is 5. The van der Waals surface area contributed by atoms with Gasteiger partial charge in [0.05, 0.1) is 17.8 Å². The summed E-state index contributed by atoms with van der Waals surface area (Å²) in [5.41, 5.74) is 4.98. The lowest BCUT2D eigenvalue weighted by molar-refractivity contribution is 0.124. The highest BCUT2D eigenvalue weighted by atomic mass is 32.1. The molecule has 5 rings (SSSR count). The van der Waals surface area contributed by atoms with Gasteiger partial charge in [0.1, 0.15) is 17.6 Å². The fraction of sp³-hybridized carbons (Fsp3) is 0.385. The Morgan fingerprint density at radius 3 is 2.70 bits per heavy atom. The third-order valence-electron chi connectivity index (χ3n) is 6.88. The van der Waals surface area contributed by atoms with Crippen molar-refractivity contribution in [3.8, 4) is 22.6 Å². The van der Waals surface area contributed by atoms with Gasteiger partial charge in [0.15, 0.2) is 0 Å². The summed E-state index contributed by atoms with van der Waals surface area (Å²) in [5.74, 6) is 2.21. The molecule has 3 aromatic rings. The van der Waals surface area contributed by atoms with Gasteiger partial charge in [0, 0.05) is 30.3 Å². The van der Waals surface area contributed by atoms with Crippen molar-refractivity contribution < 1.29 is 19.4 Å². The average Bonchev–Trinajstić information content (AvgIpc) is 3.54. The fourth-order valence-electron chi connectivity index (χ4n) is 5.40. The van der Waals surface area contributed by atoms with Crippen LogP contribution in [0.4, 0.5) is 4.79 Å². The number of likely N-dealkylation sites (tertiary alicyclic amines) is 1. The lowest BCUT2D eigenvalue weighted by Crippen LogP contribution is -2.38. The number of carbonyl (C=O) groups is 1.